The normalized spacial score (nSPS) is 9.66. The summed E-state index contributed by atoms with van der Waals surface area (Å²) in [5.74, 6) is 0.449. The Labute approximate surface area is 450 Å². The number of rotatable bonds is 18. The summed E-state index contributed by atoms with van der Waals surface area (Å²) in [6.45, 7) is 34.0. The molecule has 17 nitrogen and oxygen atoms in total. The van der Waals surface area contributed by atoms with Crippen molar-refractivity contribution in [3.63, 3.8) is 0 Å². The quantitative estimate of drug-likeness (QED) is 0.0448. The van der Waals surface area contributed by atoms with Gasteiger partial charge in [-0.25, -0.2) is 0 Å². The van der Waals surface area contributed by atoms with Gasteiger partial charge in [-0.05, 0) is 104 Å². The molecule has 20 heteroatoms. The van der Waals surface area contributed by atoms with Gasteiger partial charge in [0.05, 0.1) is 0 Å². The predicted molar refractivity (Wildman–Crippen MR) is 265 cm³/mol. The molecule has 4 rings (SSSR count). The van der Waals surface area contributed by atoms with E-state index < -0.39 is 0 Å². The minimum atomic E-state index is 0. The van der Waals surface area contributed by atoms with Crippen LogP contribution in [0, 0.1) is 55.4 Å². The van der Waals surface area contributed by atoms with Gasteiger partial charge in [-0.1, -0.05) is 121 Å². The summed E-state index contributed by atoms with van der Waals surface area (Å²) in [6, 6.07) is 15.7. The fourth-order valence-corrected chi connectivity index (χ4v) is 7.68. The minimum Gasteiger partial charge on any atom is -0.872 e. The number of hydrogen-bond donors (Lipinski definition) is 2. The van der Waals surface area contributed by atoms with Crippen molar-refractivity contribution in [2.45, 2.75) is 109 Å². The van der Waals surface area contributed by atoms with Crippen molar-refractivity contribution < 1.29 is 87.3 Å². The van der Waals surface area contributed by atoms with Gasteiger partial charge in [-0.2, -0.15) is 0 Å². The van der Waals surface area contributed by atoms with Gasteiger partial charge in [-0.15, -0.1) is 23.0 Å². The maximum atomic E-state index is 12.6. The van der Waals surface area contributed by atoms with Crippen molar-refractivity contribution >= 4 is 0 Å². The molecule has 0 fully saturated rings. The van der Waals surface area contributed by atoms with Gasteiger partial charge in [0.25, 0.3) is 0 Å². The molecule has 0 heterocycles. The molecule has 0 amide bonds. The van der Waals surface area contributed by atoms with Gasteiger partial charge >= 0.3 is 51.2 Å². The third-order valence-electron chi connectivity index (χ3n) is 10.8. The van der Waals surface area contributed by atoms with E-state index in [1.54, 1.807) is 0 Å². The zero-order chi connectivity index (χ0) is 51.1. The van der Waals surface area contributed by atoms with Crippen molar-refractivity contribution in [2.24, 2.45) is 0 Å². The van der Waals surface area contributed by atoms with Gasteiger partial charge in [-0.3, -0.25) is 19.6 Å². The van der Waals surface area contributed by atoms with Crippen molar-refractivity contribution in [2.75, 3.05) is 66.6 Å². The van der Waals surface area contributed by atoms with Crippen molar-refractivity contribution in [1.82, 2.24) is 19.6 Å². The molecule has 0 spiro atoms. The third-order valence-corrected chi connectivity index (χ3v) is 10.8. The van der Waals surface area contributed by atoms with E-state index in [0.29, 0.717) is 26.2 Å². The number of benzene rings is 4. The summed E-state index contributed by atoms with van der Waals surface area (Å²) in [7, 11) is 2.00. The van der Waals surface area contributed by atoms with E-state index in [1.807, 2.05) is 104 Å². The van der Waals surface area contributed by atoms with Crippen molar-refractivity contribution in [1.29, 1.82) is 0 Å². The van der Waals surface area contributed by atoms with Crippen LogP contribution in [0.2, 0.25) is 0 Å². The Morgan fingerprint density at radius 3 is 0.686 bits per heavy atom. The Morgan fingerprint density at radius 1 is 0.371 bits per heavy atom. The molecule has 0 saturated carbocycles. The summed E-state index contributed by atoms with van der Waals surface area (Å²) >= 11 is 0. The monoisotopic (exact) mass is 1120 g/mol. The van der Waals surface area contributed by atoms with Crippen LogP contribution in [-0.4, -0.2) is 102 Å². The summed E-state index contributed by atoms with van der Waals surface area (Å²) in [5, 5.41) is 64.5. The zero-order valence-electron chi connectivity index (χ0n) is 43.5. The number of nitrogens with zero attached hydrogens (tertiary/aromatic N) is 10. The molecule has 403 valence electrons. The molecule has 4 aromatic rings. The van der Waals surface area contributed by atoms with Gasteiger partial charge in [0.2, 0.25) is 0 Å². The summed E-state index contributed by atoms with van der Waals surface area (Å²) in [5.41, 5.74) is 37.8. The minimum absolute atomic E-state index is 0. The Balaban J connectivity index is -0.000000235. The SMILES string of the molecule is CCN(CC)CCN(Cc1cc(C)cc(C)c1[O-])Cc1cc(C)cc(C)c1[O-].CCN(CC)CCN(Cc1cc(C)cc(C)c1[O-])Cc1cc(C)cc(C)c1[O-].CO.CO.O.[Cu+2].[Cu+2].[Cu+2].[N-]=[N+]=[N-].[N-]=[N+]=[N-]. The molecule has 0 unspecified atom stereocenters. The Bertz CT molecular complexity index is 1830. The molecule has 70 heavy (non-hydrogen) atoms. The van der Waals surface area contributed by atoms with E-state index in [1.165, 1.54) is 9.82 Å². The third kappa shape index (κ3) is 28.7. The van der Waals surface area contributed by atoms with Crippen molar-refractivity contribution in [3.8, 4) is 23.0 Å². The molecule has 0 atom stereocenters. The largest absolute Gasteiger partial charge is 2.00 e. The second-order valence-electron chi connectivity index (χ2n) is 15.9. The second kappa shape index (κ2) is 43.7. The van der Waals surface area contributed by atoms with E-state index >= 15 is 0 Å². The average molecular weight is 1120 g/mol. The first kappa shape index (κ1) is 77.4. The molecule has 0 aliphatic rings. The summed E-state index contributed by atoms with van der Waals surface area (Å²) in [4.78, 5) is 12.2. The Morgan fingerprint density at radius 2 is 0.529 bits per heavy atom. The maximum absolute atomic E-state index is 12.6. The molecule has 0 aromatic heterocycles. The van der Waals surface area contributed by atoms with E-state index in [4.69, 9.17) is 32.3 Å². The topological polar surface area (TPSA) is 295 Å². The van der Waals surface area contributed by atoms with Crippen LogP contribution >= 0.6 is 0 Å². The van der Waals surface area contributed by atoms with Crippen molar-refractivity contribution in [3.05, 3.63) is 147 Å². The van der Waals surface area contributed by atoms with Crippen LogP contribution in [0.5, 0.6) is 23.0 Å². The van der Waals surface area contributed by atoms with E-state index in [-0.39, 0.29) is 79.7 Å². The first-order valence-corrected chi connectivity index (χ1v) is 22.2. The van der Waals surface area contributed by atoms with Gasteiger partial charge in [0.1, 0.15) is 0 Å². The number of aliphatic hydroxyl groups is 2. The smallest absolute Gasteiger partial charge is 0.872 e. The van der Waals surface area contributed by atoms with Crippen LogP contribution in [0.4, 0.5) is 0 Å². The number of aryl methyl sites for hydroxylation is 8. The van der Waals surface area contributed by atoms with Crippen LogP contribution in [-0.2, 0) is 77.4 Å². The average Bonchev–Trinajstić information content (AvgIpc) is 3.27. The van der Waals surface area contributed by atoms with Crippen LogP contribution in [0.3, 0.4) is 0 Å². The standard InChI is InChI=1S/2C24H36N2O2.2CH4O.3Cu.2N3.H2O/c2*1-7-25(8-2)9-10-26(15-21-13-17(3)11-19(5)23(21)27)16-22-14-18(4)12-20(6)24(22)28;2*1-2;;;;2*1-3-2;/h2*11-14,27-28H,7-10,15-16H2,1-6H3;2*2H,1H3;;;;;;1H2/q;;;;3*+2;2*-1;/p-4. The van der Waals surface area contributed by atoms with E-state index in [9.17, 15) is 20.4 Å². The maximum Gasteiger partial charge on any atom is 2.00 e. The molecule has 4 aromatic carbocycles. The molecule has 0 aliphatic carbocycles. The van der Waals surface area contributed by atoms with Crippen LogP contribution < -0.4 is 20.4 Å². The fraction of sp³-hybridized carbons (Fsp3) is 0.520. The molecule has 4 N–H and O–H groups in total. The first-order valence-electron chi connectivity index (χ1n) is 22.2. The Kier molecular flexibility index (Phi) is 48.4. The van der Waals surface area contributed by atoms with E-state index in [0.717, 1.165) is 133 Å². The van der Waals surface area contributed by atoms with Crippen LogP contribution in [0.15, 0.2) is 48.5 Å². The molecular weight excluding hydrogens is 1040 g/mol. The predicted octanol–water partition coefficient (Wildman–Crippen LogP) is 6.94. The van der Waals surface area contributed by atoms with Gasteiger partial charge in [0, 0.05) is 66.6 Å². The molecule has 3 radical (unpaired) electrons. The molecule has 0 saturated heterocycles. The van der Waals surface area contributed by atoms with Crippen LogP contribution in [0.1, 0.15) is 94.5 Å². The molecular formula is C50H78Cu3N10O7. The van der Waals surface area contributed by atoms with Gasteiger partial charge < -0.3 is 68.0 Å². The van der Waals surface area contributed by atoms with E-state index in [2.05, 4.69) is 47.3 Å². The number of likely N-dealkylation sites (N-methyl/N-ethyl adjacent to an activating group) is 2. The first-order chi connectivity index (χ1) is 31.3. The zero-order valence-corrected chi connectivity index (χ0v) is 46.3. The van der Waals surface area contributed by atoms with Gasteiger partial charge in [0.15, 0.2) is 0 Å². The molecule has 0 aliphatic heterocycles. The summed E-state index contributed by atoms with van der Waals surface area (Å²) in [6.07, 6.45) is 0. The summed E-state index contributed by atoms with van der Waals surface area (Å²) < 4.78 is 0. The molecule has 0 bridgehead atoms. The van der Waals surface area contributed by atoms with Crippen LogP contribution in [0.25, 0.3) is 31.9 Å². The Hall–Kier alpha value is -4.02. The number of hydrogen-bond acceptors (Lipinski definition) is 10. The fourth-order valence-electron chi connectivity index (χ4n) is 7.68. The second-order valence-corrected chi connectivity index (χ2v) is 15.9. The number of aliphatic hydroxyl groups excluding tert-OH is 2.